The van der Waals surface area contributed by atoms with Crippen molar-refractivity contribution in [2.45, 2.75) is 25.2 Å². The summed E-state index contributed by atoms with van der Waals surface area (Å²) < 4.78 is 4.69. The van der Waals surface area contributed by atoms with E-state index in [0.717, 1.165) is 12.0 Å². The number of ether oxygens (including phenoxy) is 1. The highest BCUT2D eigenvalue weighted by molar-refractivity contribution is 5.95. The number of carbonyl (C=O) groups is 1. The van der Waals surface area contributed by atoms with Crippen LogP contribution in [0, 0.1) is 0 Å². The highest BCUT2D eigenvalue weighted by Crippen LogP contribution is 2.32. The summed E-state index contributed by atoms with van der Waals surface area (Å²) >= 11 is 0. The van der Waals surface area contributed by atoms with E-state index in [4.69, 9.17) is 5.21 Å². The van der Waals surface area contributed by atoms with Crippen LogP contribution in [0.5, 0.6) is 0 Å². The largest absolute Gasteiger partial charge is 0.469 e. The summed E-state index contributed by atoms with van der Waals surface area (Å²) in [5.41, 5.74) is 2.94. The van der Waals surface area contributed by atoms with Gasteiger partial charge in [0.1, 0.15) is 0 Å². The second-order valence-electron chi connectivity index (χ2n) is 4.12. The Morgan fingerprint density at radius 3 is 2.94 bits per heavy atom. The summed E-state index contributed by atoms with van der Waals surface area (Å²) in [7, 11) is 1.37. The molecule has 0 radical (unpaired) electrons. The molecule has 0 heterocycles. The number of methoxy groups -OCH3 is 1. The summed E-state index contributed by atoms with van der Waals surface area (Å²) in [5, 5.41) is 12.3. The smallest absolute Gasteiger partial charge is 0.306 e. The molecule has 0 saturated heterocycles. The standard InChI is InChI=1S/C13H15NO3/c1-17-13(15)8-11-10-5-3-2-4-9(10)6-7-12(11)14-16/h2-5,11,16H,6-8H2,1H3/b14-12+. The van der Waals surface area contributed by atoms with Crippen LogP contribution in [0.15, 0.2) is 29.4 Å². The molecule has 90 valence electrons. The quantitative estimate of drug-likeness (QED) is 0.483. The first-order valence-corrected chi connectivity index (χ1v) is 5.61. The van der Waals surface area contributed by atoms with E-state index in [9.17, 15) is 4.79 Å². The third-order valence-corrected chi connectivity index (χ3v) is 3.21. The van der Waals surface area contributed by atoms with E-state index in [1.54, 1.807) is 0 Å². The summed E-state index contributed by atoms with van der Waals surface area (Å²) in [6, 6.07) is 7.94. The van der Waals surface area contributed by atoms with Gasteiger partial charge in [-0.1, -0.05) is 29.4 Å². The molecule has 1 aromatic rings. The van der Waals surface area contributed by atoms with Crippen LogP contribution in [-0.4, -0.2) is 24.0 Å². The lowest BCUT2D eigenvalue weighted by atomic mass is 9.79. The Morgan fingerprint density at radius 2 is 2.24 bits per heavy atom. The molecule has 4 nitrogen and oxygen atoms in total. The van der Waals surface area contributed by atoms with Gasteiger partial charge in [0, 0.05) is 5.92 Å². The molecule has 0 aliphatic heterocycles. The number of oxime groups is 1. The first-order chi connectivity index (χ1) is 8.26. The minimum absolute atomic E-state index is 0.155. The lowest BCUT2D eigenvalue weighted by Crippen LogP contribution is -2.23. The number of aryl methyl sites for hydroxylation is 1. The minimum Gasteiger partial charge on any atom is -0.469 e. The van der Waals surface area contributed by atoms with E-state index in [2.05, 4.69) is 9.89 Å². The molecule has 0 fully saturated rings. The van der Waals surface area contributed by atoms with Crippen molar-refractivity contribution in [2.24, 2.45) is 5.16 Å². The maximum atomic E-state index is 11.4. The monoisotopic (exact) mass is 233 g/mol. The molecule has 1 N–H and O–H groups in total. The molecule has 17 heavy (non-hydrogen) atoms. The van der Waals surface area contributed by atoms with Gasteiger partial charge in [0.25, 0.3) is 0 Å². The van der Waals surface area contributed by atoms with E-state index in [-0.39, 0.29) is 18.3 Å². The molecule has 1 atom stereocenters. The Morgan fingerprint density at radius 1 is 1.47 bits per heavy atom. The second-order valence-corrected chi connectivity index (χ2v) is 4.12. The van der Waals surface area contributed by atoms with Crippen LogP contribution < -0.4 is 0 Å². The fraction of sp³-hybridized carbons (Fsp3) is 0.385. The van der Waals surface area contributed by atoms with Crippen molar-refractivity contribution >= 4 is 11.7 Å². The SMILES string of the molecule is COC(=O)CC1/C(=N/O)CCc2ccccc21. The van der Waals surface area contributed by atoms with Gasteiger partial charge in [-0.25, -0.2) is 0 Å². The van der Waals surface area contributed by atoms with E-state index >= 15 is 0 Å². The van der Waals surface area contributed by atoms with E-state index in [1.807, 2.05) is 24.3 Å². The molecule has 0 amide bonds. The topological polar surface area (TPSA) is 58.9 Å². The van der Waals surface area contributed by atoms with Gasteiger partial charge in [-0.2, -0.15) is 0 Å². The predicted molar refractivity (Wildman–Crippen MR) is 63.4 cm³/mol. The Kier molecular flexibility index (Phi) is 3.42. The maximum Gasteiger partial charge on any atom is 0.306 e. The molecule has 1 aliphatic carbocycles. The zero-order valence-corrected chi connectivity index (χ0v) is 9.72. The molecule has 2 rings (SSSR count). The zero-order valence-electron chi connectivity index (χ0n) is 9.72. The number of nitrogens with zero attached hydrogens (tertiary/aromatic N) is 1. The number of fused-ring (bicyclic) bond motifs is 1. The Labute approximate surface area is 99.9 Å². The molecule has 0 bridgehead atoms. The molecule has 1 aliphatic rings. The van der Waals surface area contributed by atoms with E-state index in [1.165, 1.54) is 12.7 Å². The van der Waals surface area contributed by atoms with Crippen LogP contribution in [0.25, 0.3) is 0 Å². The van der Waals surface area contributed by atoms with Gasteiger partial charge in [-0.15, -0.1) is 0 Å². The average Bonchev–Trinajstić information content (AvgIpc) is 2.39. The molecule has 1 unspecified atom stereocenters. The van der Waals surface area contributed by atoms with E-state index in [0.29, 0.717) is 12.1 Å². The van der Waals surface area contributed by atoms with Crippen molar-refractivity contribution in [3.8, 4) is 0 Å². The summed E-state index contributed by atoms with van der Waals surface area (Å²) in [4.78, 5) is 11.4. The highest BCUT2D eigenvalue weighted by atomic mass is 16.5. The number of hydrogen-bond acceptors (Lipinski definition) is 4. The Bertz CT molecular complexity index is 454. The lowest BCUT2D eigenvalue weighted by Gasteiger charge is -2.25. The molecule has 4 heteroatoms. The maximum absolute atomic E-state index is 11.4. The molecular formula is C13H15NO3. The van der Waals surface area contributed by atoms with Crippen molar-refractivity contribution in [3.63, 3.8) is 0 Å². The fourth-order valence-electron chi connectivity index (χ4n) is 2.32. The van der Waals surface area contributed by atoms with Crippen molar-refractivity contribution < 1.29 is 14.7 Å². The Hall–Kier alpha value is -1.84. The van der Waals surface area contributed by atoms with Gasteiger partial charge >= 0.3 is 5.97 Å². The van der Waals surface area contributed by atoms with Crippen LogP contribution in [0.1, 0.15) is 29.9 Å². The first kappa shape index (κ1) is 11.6. The number of benzene rings is 1. The van der Waals surface area contributed by atoms with Crippen LogP contribution in [0.4, 0.5) is 0 Å². The molecule has 0 aromatic heterocycles. The highest BCUT2D eigenvalue weighted by Gasteiger charge is 2.28. The van der Waals surface area contributed by atoms with E-state index < -0.39 is 0 Å². The van der Waals surface area contributed by atoms with Gasteiger partial charge in [0.2, 0.25) is 0 Å². The molecule has 1 aromatic carbocycles. The molecular weight excluding hydrogens is 218 g/mol. The first-order valence-electron chi connectivity index (χ1n) is 5.61. The minimum atomic E-state index is -0.284. The van der Waals surface area contributed by atoms with Gasteiger partial charge in [-0.05, 0) is 24.0 Å². The summed E-state index contributed by atoms with van der Waals surface area (Å²) in [6.07, 6.45) is 1.77. The second kappa shape index (κ2) is 4.99. The van der Waals surface area contributed by atoms with Crippen LogP contribution in [-0.2, 0) is 16.0 Å². The van der Waals surface area contributed by atoms with Gasteiger partial charge in [0.15, 0.2) is 0 Å². The van der Waals surface area contributed by atoms with Crippen molar-refractivity contribution in [3.05, 3.63) is 35.4 Å². The zero-order chi connectivity index (χ0) is 12.3. The average molecular weight is 233 g/mol. The van der Waals surface area contributed by atoms with Gasteiger partial charge in [0.05, 0.1) is 19.2 Å². The summed E-state index contributed by atoms with van der Waals surface area (Å²) in [6.45, 7) is 0. The predicted octanol–water partition coefficient (Wildman–Crippen LogP) is 2.11. The molecule has 0 spiro atoms. The van der Waals surface area contributed by atoms with Crippen molar-refractivity contribution in [1.82, 2.24) is 0 Å². The third-order valence-electron chi connectivity index (χ3n) is 3.21. The Balaban J connectivity index is 2.34. The van der Waals surface area contributed by atoms with Crippen LogP contribution in [0.2, 0.25) is 0 Å². The molecule has 0 saturated carbocycles. The third kappa shape index (κ3) is 2.30. The van der Waals surface area contributed by atoms with Gasteiger partial charge in [-0.3, -0.25) is 4.79 Å². The summed E-state index contributed by atoms with van der Waals surface area (Å²) in [5.74, 6) is -0.440. The number of carbonyl (C=O) groups excluding carboxylic acids is 1. The van der Waals surface area contributed by atoms with Gasteiger partial charge < -0.3 is 9.94 Å². The van der Waals surface area contributed by atoms with Crippen molar-refractivity contribution in [1.29, 1.82) is 0 Å². The van der Waals surface area contributed by atoms with Crippen LogP contribution >= 0.6 is 0 Å². The van der Waals surface area contributed by atoms with Crippen molar-refractivity contribution in [2.75, 3.05) is 7.11 Å². The van der Waals surface area contributed by atoms with Crippen LogP contribution in [0.3, 0.4) is 0 Å². The fourth-order valence-corrected chi connectivity index (χ4v) is 2.32. The normalized spacial score (nSPS) is 21.0. The number of rotatable bonds is 2. The lowest BCUT2D eigenvalue weighted by molar-refractivity contribution is -0.140. The number of hydrogen-bond donors (Lipinski definition) is 1. The number of esters is 1.